The Labute approximate surface area is 98.7 Å². The van der Waals surface area contributed by atoms with Gasteiger partial charge in [-0.2, -0.15) is 0 Å². The highest BCUT2D eigenvalue weighted by molar-refractivity contribution is 7.91. The summed E-state index contributed by atoms with van der Waals surface area (Å²) < 4.78 is 48.3. The molecule has 7 heteroatoms. The van der Waals surface area contributed by atoms with Gasteiger partial charge in [-0.05, 0) is 6.07 Å². The molecule has 0 atom stereocenters. The molecular formula is C10H14F2N2O2S. The molecule has 1 aromatic rings. The van der Waals surface area contributed by atoms with E-state index in [9.17, 15) is 17.2 Å². The van der Waals surface area contributed by atoms with Gasteiger partial charge in [-0.15, -0.1) is 0 Å². The summed E-state index contributed by atoms with van der Waals surface area (Å²) in [6.45, 7) is 1.59. The zero-order valence-corrected chi connectivity index (χ0v) is 10.2. The van der Waals surface area contributed by atoms with Crippen LogP contribution in [0, 0.1) is 11.6 Å². The average molecular weight is 264 g/mol. The highest BCUT2D eigenvalue weighted by Gasteiger charge is 2.10. The van der Waals surface area contributed by atoms with Crippen molar-refractivity contribution in [3.63, 3.8) is 0 Å². The Morgan fingerprint density at radius 3 is 2.59 bits per heavy atom. The van der Waals surface area contributed by atoms with Crippen molar-refractivity contribution in [2.45, 2.75) is 6.92 Å². The lowest BCUT2D eigenvalue weighted by molar-refractivity contribution is 0.587. The topological polar surface area (TPSA) is 72.2 Å². The molecule has 0 radical (unpaired) electrons. The highest BCUT2D eigenvalue weighted by atomic mass is 32.2. The molecule has 17 heavy (non-hydrogen) atoms. The van der Waals surface area contributed by atoms with Gasteiger partial charge in [0.15, 0.2) is 15.7 Å². The van der Waals surface area contributed by atoms with Crippen molar-refractivity contribution in [1.82, 2.24) is 0 Å². The molecule has 0 aliphatic heterocycles. The number of sulfone groups is 1. The first kappa shape index (κ1) is 13.7. The molecular weight excluding hydrogens is 250 g/mol. The zero-order chi connectivity index (χ0) is 13.1. The molecule has 96 valence electrons. The molecule has 0 unspecified atom stereocenters. The van der Waals surface area contributed by atoms with Gasteiger partial charge in [-0.1, -0.05) is 6.92 Å². The van der Waals surface area contributed by atoms with Crippen LogP contribution in [0.25, 0.3) is 0 Å². The molecule has 1 aromatic carbocycles. The summed E-state index contributed by atoms with van der Waals surface area (Å²) in [6.07, 6.45) is 0. The zero-order valence-electron chi connectivity index (χ0n) is 9.33. The Bertz CT molecular complexity index is 503. The molecule has 0 fully saturated rings. The van der Waals surface area contributed by atoms with Crippen molar-refractivity contribution < 1.29 is 17.2 Å². The Hall–Kier alpha value is -1.37. The van der Waals surface area contributed by atoms with E-state index in [4.69, 9.17) is 5.73 Å². The second-order valence-electron chi connectivity index (χ2n) is 3.51. The lowest BCUT2D eigenvalue weighted by atomic mass is 10.2. The van der Waals surface area contributed by atoms with Crippen LogP contribution in [-0.4, -0.2) is 26.5 Å². The van der Waals surface area contributed by atoms with Gasteiger partial charge < -0.3 is 11.1 Å². The largest absolute Gasteiger partial charge is 0.395 e. The van der Waals surface area contributed by atoms with E-state index in [1.165, 1.54) is 6.92 Å². The Morgan fingerprint density at radius 2 is 2.00 bits per heavy atom. The number of nitrogens with two attached hydrogens (primary N) is 1. The van der Waals surface area contributed by atoms with E-state index < -0.39 is 21.5 Å². The van der Waals surface area contributed by atoms with Crippen LogP contribution in [0.4, 0.5) is 20.2 Å². The number of halogens is 2. The van der Waals surface area contributed by atoms with Crippen LogP contribution in [-0.2, 0) is 9.84 Å². The van der Waals surface area contributed by atoms with Crippen LogP contribution in [0.15, 0.2) is 12.1 Å². The number of nitrogens with one attached hydrogen (secondary N) is 1. The molecule has 3 N–H and O–H groups in total. The van der Waals surface area contributed by atoms with Gasteiger partial charge in [0.05, 0.1) is 17.1 Å². The standard InChI is InChI=1S/C10H14F2N2O2S/c1-2-17(15,16)4-3-14-9-6-7(11)5-8(12)10(9)13/h5-6,14H,2-4,13H2,1H3. The van der Waals surface area contributed by atoms with Crippen molar-refractivity contribution in [3.8, 4) is 0 Å². The van der Waals surface area contributed by atoms with E-state index >= 15 is 0 Å². The van der Waals surface area contributed by atoms with Gasteiger partial charge in [0, 0.05) is 18.4 Å². The predicted octanol–water partition coefficient (Wildman–Crippen LogP) is 1.39. The molecule has 0 aliphatic carbocycles. The third-order valence-electron chi connectivity index (χ3n) is 2.26. The van der Waals surface area contributed by atoms with Crippen LogP contribution >= 0.6 is 0 Å². The number of nitrogen functional groups attached to an aromatic ring is 1. The second kappa shape index (κ2) is 5.31. The molecule has 0 bridgehead atoms. The maximum Gasteiger partial charge on any atom is 0.151 e. The van der Waals surface area contributed by atoms with E-state index in [-0.39, 0.29) is 29.4 Å². The Kier molecular flexibility index (Phi) is 4.28. The fraction of sp³-hybridized carbons (Fsp3) is 0.400. The Morgan fingerprint density at radius 1 is 1.35 bits per heavy atom. The van der Waals surface area contributed by atoms with E-state index in [1.54, 1.807) is 0 Å². The minimum Gasteiger partial charge on any atom is -0.395 e. The summed E-state index contributed by atoms with van der Waals surface area (Å²) in [6, 6.07) is 1.69. The molecule has 4 nitrogen and oxygen atoms in total. The predicted molar refractivity (Wildman–Crippen MR) is 63.6 cm³/mol. The van der Waals surface area contributed by atoms with Crippen LogP contribution < -0.4 is 11.1 Å². The normalized spacial score (nSPS) is 11.5. The number of hydrogen-bond acceptors (Lipinski definition) is 4. The lowest BCUT2D eigenvalue weighted by Crippen LogP contribution is -2.18. The minimum absolute atomic E-state index is 0.0294. The van der Waals surface area contributed by atoms with Gasteiger partial charge in [-0.3, -0.25) is 0 Å². The summed E-state index contributed by atoms with van der Waals surface area (Å²) in [5.74, 6) is -1.72. The first-order valence-corrected chi connectivity index (χ1v) is 6.86. The number of rotatable bonds is 5. The van der Waals surface area contributed by atoms with Crippen LogP contribution in [0.5, 0.6) is 0 Å². The summed E-state index contributed by atoms with van der Waals surface area (Å²) in [7, 11) is -3.11. The van der Waals surface area contributed by atoms with Gasteiger partial charge >= 0.3 is 0 Å². The van der Waals surface area contributed by atoms with Crippen molar-refractivity contribution in [1.29, 1.82) is 0 Å². The monoisotopic (exact) mass is 264 g/mol. The minimum atomic E-state index is -3.11. The highest BCUT2D eigenvalue weighted by Crippen LogP contribution is 2.22. The third-order valence-corrected chi connectivity index (χ3v) is 3.97. The lowest BCUT2D eigenvalue weighted by Gasteiger charge is -2.10. The molecule has 0 aromatic heterocycles. The maximum absolute atomic E-state index is 13.0. The summed E-state index contributed by atoms with van der Waals surface area (Å²) >= 11 is 0. The molecule has 0 amide bonds. The molecule has 0 saturated heterocycles. The number of hydrogen-bond donors (Lipinski definition) is 2. The molecule has 0 heterocycles. The first-order valence-electron chi connectivity index (χ1n) is 5.04. The smallest absolute Gasteiger partial charge is 0.151 e. The number of anilines is 2. The summed E-state index contributed by atoms with van der Waals surface area (Å²) in [4.78, 5) is 0. The van der Waals surface area contributed by atoms with E-state index in [0.717, 1.165) is 6.07 Å². The fourth-order valence-corrected chi connectivity index (χ4v) is 1.92. The fourth-order valence-electron chi connectivity index (χ4n) is 1.22. The second-order valence-corrected chi connectivity index (χ2v) is 5.98. The van der Waals surface area contributed by atoms with Crippen LogP contribution in [0.1, 0.15) is 6.92 Å². The van der Waals surface area contributed by atoms with Gasteiger partial charge in [0.1, 0.15) is 5.82 Å². The summed E-state index contributed by atoms with van der Waals surface area (Å²) in [5, 5.41) is 2.60. The van der Waals surface area contributed by atoms with E-state index in [2.05, 4.69) is 5.32 Å². The maximum atomic E-state index is 13.0. The first-order chi connectivity index (χ1) is 7.85. The molecule has 1 rings (SSSR count). The third kappa shape index (κ3) is 3.85. The van der Waals surface area contributed by atoms with Crippen molar-refractivity contribution in [2.75, 3.05) is 29.1 Å². The quantitative estimate of drug-likeness (QED) is 0.788. The average Bonchev–Trinajstić information content (AvgIpc) is 2.24. The van der Waals surface area contributed by atoms with E-state index in [0.29, 0.717) is 6.07 Å². The molecule has 0 spiro atoms. The van der Waals surface area contributed by atoms with Gasteiger partial charge in [0.2, 0.25) is 0 Å². The van der Waals surface area contributed by atoms with E-state index in [1.807, 2.05) is 0 Å². The molecule has 0 aliphatic rings. The molecule has 0 saturated carbocycles. The number of benzene rings is 1. The van der Waals surface area contributed by atoms with Crippen molar-refractivity contribution >= 4 is 21.2 Å². The van der Waals surface area contributed by atoms with Crippen molar-refractivity contribution in [3.05, 3.63) is 23.8 Å². The van der Waals surface area contributed by atoms with Gasteiger partial charge in [-0.25, -0.2) is 17.2 Å². The SMILES string of the molecule is CCS(=O)(=O)CCNc1cc(F)cc(F)c1N. The van der Waals surface area contributed by atoms with Gasteiger partial charge in [0.25, 0.3) is 0 Å². The van der Waals surface area contributed by atoms with Crippen LogP contribution in [0.2, 0.25) is 0 Å². The Balaban J connectivity index is 2.70. The van der Waals surface area contributed by atoms with Crippen molar-refractivity contribution in [2.24, 2.45) is 0 Å². The summed E-state index contributed by atoms with van der Waals surface area (Å²) in [5.41, 5.74) is 5.22. The van der Waals surface area contributed by atoms with Crippen LogP contribution in [0.3, 0.4) is 0 Å².